The van der Waals surface area contributed by atoms with Crippen LogP contribution in [0.1, 0.15) is 15.9 Å². The third-order valence-electron chi connectivity index (χ3n) is 5.13. The van der Waals surface area contributed by atoms with Crippen molar-refractivity contribution in [3.05, 3.63) is 83.0 Å². The molecular weight excluding hydrogens is 470 g/mol. The molecule has 0 spiro atoms. The van der Waals surface area contributed by atoms with Gasteiger partial charge in [-0.1, -0.05) is 29.8 Å². The molecular formula is C26H30ClN3O5. The van der Waals surface area contributed by atoms with Crippen molar-refractivity contribution in [3.63, 3.8) is 0 Å². The van der Waals surface area contributed by atoms with Crippen LogP contribution in [-0.2, 0) is 6.42 Å². The molecule has 8 nitrogen and oxygen atoms in total. The Morgan fingerprint density at radius 1 is 1.11 bits per heavy atom. The van der Waals surface area contributed by atoms with E-state index < -0.39 is 6.10 Å². The quantitative estimate of drug-likeness (QED) is 0.351. The molecule has 1 heterocycles. The average Bonchev–Trinajstić information content (AvgIpc) is 2.86. The first-order valence-electron chi connectivity index (χ1n) is 11.2. The second kappa shape index (κ2) is 13.1. The molecule has 0 radical (unpaired) electrons. The first kappa shape index (κ1) is 26.4. The van der Waals surface area contributed by atoms with Crippen molar-refractivity contribution in [2.45, 2.75) is 18.6 Å². The highest BCUT2D eigenvalue weighted by atomic mass is 35.5. The largest absolute Gasteiger partial charge is 0.491 e. The van der Waals surface area contributed by atoms with E-state index in [0.29, 0.717) is 28.5 Å². The van der Waals surface area contributed by atoms with E-state index in [9.17, 15) is 15.0 Å². The van der Waals surface area contributed by atoms with E-state index in [1.54, 1.807) is 68.8 Å². The summed E-state index contributed by atoms with van der Waals surface area (Å²) in [4.78, 5) is 18.0. The molecule has 186 valence electrons. The van der Waals surface area contributed by atoms with Gasteiger partial charge in [0, 0.05) is 37.9 Å². The maximum absolute atomic E-state index is 12.3. The highest BCUT2D eigenvalue weighted by Gasteiger charge is 2.16. The van der Waals surface area contributed by atoms with Crippen molar-refractivity contribution in [1.82, 2.24) is 15.2 Å². The number of aliphatic hydroxyl groups excluding tert-OH is 2. The smallest absolute Gasteiger partial charge is 0.258 e. The van der Waals surface area contributed by atoms with Gasteiger partial charge in [-0.2, -0.15) is 0 Å². The van der Waals surface area contributed by atoms with E-state index in [1.165, 1.54) is 4.90 Å². The van der Waals surface area contributed by atoms with Crippen LogP contribution in [0.4, 0.5) is 0 Å². The number of ether oxygens (including phenoxy) is 2. The van der Waals surface area contributed by atoms with Crippen LogP contribution < -0.4 is 14.8 Å². The third kappa shape index (κ3) is 8.22. The summed E-state index contributed by atoms with van der Waals surface area (Å²) in [5.41, 5.74) is 1.35. The van der Waals surface area contributed by atoms with E-state index in [4.69, 9.17) is 21.1 Å². The van der Waals surface area contributed by atoms with Gasteiger partial charge in [-0.15, -0.1) is 0 Å². The lowest BCUT2D eigenvalue weighted by molar-refractivity contribution is 0.0824. The van der Waals surface area contributed by atoms with Crippen LogP contribution in [0, 0.1) is 0 Å². The fourth-order valence-electron chi connectivity index (χ4n) is 3.28. The average molecular weight is 500 g/mol. The molecule has 0 aliphatic rings. The number of benzene rings is 2. The minimum absolute atomic E-state index is 0.0932. The van der Waals surface area contributed by atoms with Gasteiger partial charge in [-0.3, -0.25) is 4.79 Å². The molecule has 2 atom stereocenters. The molecule has 1 unspecified atom stereocenters. The zero-order valence-corrected chi connectivity index (χ0v) is 20.5. The highest BCUT2D eigenvalue weighted by molar-refractivity contribution is 6.30. The molecule has 0 saturated heterocycles. The van der Waals surface area contributed by atoms with E-state index in [0.717, 1.165) is 5.56 Å². The Hall–Kier alpha value is -3.17. The van der Waals surface area contributed by atoms with Gasteiger partial charge in [0.05, 0.1) is 6.61 Å². The molecule has 0 aliphatic carbocycles. The number of nitrogens with zero attached hydrogens (tertiary/aromatic N) is 2. The Balaban J connectivity index is 1.50. The fourth-order valence-corrected chi connectivity index (χ4v) is 3.46. The molecule has 0 saturated carbocycles. The van der Waals surface area contributed by atoms with Crippen LogP contribution in [0.15, 0.2) is 66.9 Å². The van der Waals surface area contributed by atoms with E-state index >= 15 is 0 Å². The van der Waals surface area contributed by atoms with Crippen molar-refractivity contribution in [3.8, 4) is 17.4 Å². The first-order valence-corrected chi connectivity index (χ1v) is 11.6. The molecule has 1 aromatic heterocycles. The molecule has 3 N–H and O–H groups in total. The molecule has 0 bridgehead atoms. The Kier molecular flexibility index (Phi) is 9.86. The monoisotopic (exact) mass is 499 g/mol. The predicted molar refractivity (Wildman–Crippen MR) is 134 cm³/mol. The summed E-state index contributed by atoms with van der Waals surface area (Å²) in [5, 5.41) is 23.7. The van der Waals surface area contributed by atoms with Crippen LogP contribution in [-0.4, -0.2) is 72.0 Å². The number of aliphatic hydroxyl groups is 2. The van der Waals surface area contributed by atoms with Crippen LogP contribution in [0.5, 0.6) is 17.4 Å². The Morgan fingerprint density at radius 2 is 1.89 bits per heavy atom. The van der Waals surface area contributed by atoms with Gasteiger partial charge < -0.3 is 29.9 Å². The number of carbonyl (C=O) groups excluding carboxylic acids is 1. The lowest BCUT2D eigenvalue weighted by Gasteiger charge is -2.19. The minimum Gasteiger partial charge on any atom is -0.491 e. The summed E-state index contributed by atoms with van der Waals surface area (Å²) in [6.45, 7) is 0.267. The molecule has 3 aromatic rings. The zero-order chi connectivity index (χ0) is 25.2. The SMILES string of the molecule is CN(C)C(=O)c1cccnc1Oc1ccc(CC(CO)NC[C@H](O)COc2cccc(Cl)c2)cc1. The number of hydrogen-bond donors (Lipinski definition) is 3. The summed E-state index contributed by atoms with van der Waals surface area (Å²) < 4.78 is 11.4. The van der Waals surface area contributed by atoms with Gasteiger partial charge >= 0.3 is 0 Å². The number of aromatic nitrogens is 1. The van der Waals surface area contributed by atoms with Gasteiger partial charge in [0.1, 0.15) is 29.8 Å². The third-order valence-corrected chi connectivity index (χ3v) is 5.36. The van der Waals surface area contributed by atoms with Crippen LogP contribution >= 0.6 is 11.6 Å². The van der Waals surface area contributed by atoms with Crippen molar-refractivity contribution < 1.29 is 24.5 Å². The number of carbonyl (C=O) groups is 1. The molecule has 0 aliphatic heterocycles. The van der Waals surface area contributed by atoms with Gasteiger partial charge in [0.15, 0.2) is 0 Å². The molecule has 9 heteroatoms. The molecule has 3 rings (SSSR count). The predicted octanol–water partition coefficient (Wildman–Crippen LogP) is 3.16. The second-order valence-corrected chi connectivity index (χ2v) is 8.65. The number of halogens is 1. The van der Waals surface area contributed by atoms with Crippen molar-refractivity contribution in [2.75, 3.05) is 33.9 Å². The van der Waals surface area contributed by atoms with Crippen molar-refractivity contribution >= 4 is 17.5 Å². The molecule has 0 fully saturated rings. The number of nitrogens with one attached hydrogen (secondary N) is 1. The summed E-state index contributed by atoms with van der Waals surface area (Å²) in [7, 11) is 3.34. The van der Waals surface area contributed by atoms with Gasteiger partial charge in [0.25, 0.3) is 5.91 Å². The standard InChI is InChI=1S/C26H30ClN3O5/c1-30(2)26(33)24-7-4-12-28-25(24)35-22-10-8-18(9-11-22)13-20(16-31)29-15-21(32)17-34-23-6-3-5-19(27)14-23/h3-12,14,20-21,29,31-32H,13,15-17H2,1-2H3/t20?,21-/m0/s1. The number of rotatable bonds is 12. The Bertz CT molecular complexity index is 1090. The van der Waals surface area contributed by atoms with Crippen molar-refractivity contribution in [2.24, 2.45) is 0 Å². The fraction of sp³-hybridized carbons (Fsp3) is 0.308. The molecule has 1 amide bonds. The normalized spacial score (nSPS) is 12.6. The zero-order valence-electron chi connectivity index (χ0n) is 19.7. The molecule has 2 aromatic carbocycles. The summed E-state index contributed by atoms with van der Waals surface area (Å²) >= 11 is 5.93. The number of pyridine rings is 1. The Morgan fingerprint density at radius 3 is 2.57 bits per heavy atom. The maximum atomic E-state index is 12.3. The maximum Gasteiger partial charge on any atom is 0.258 e. The summed E-state index contributed by atoms with van der Waals surface area (Å²) in [5.74, 6) is 1.17. The van der Waals surface area contributed by atoms with Crippen molar-refractivity contribution in [1.29, 1.82) is 0 Å². The lowest BCUT2D eigenvalue weighted by Crippen LogP contribution is -2.41. The number of amides is 1. The summed E-state index contributed by atoms with van der Waals surface area (Å²) in [6, 6.07) is 17.4. The lowest BCUT2D eigenvalue weighted by atomic mass is 10.1. The molecule has 35 heavy (non-hydrogen) atoms. The second-order valence-electron chi connectivity index (χ2n) is 8.22. The Labute approximate surface area is 210 Å². The number of hydrogen-bond acceptors (Lipinski definition) is 7. The van der Waals surface area contributed by atoms with Gasteiger partial charge in [-0.25, -0.2) is 4.98 Å². The van der Waals surface area contributed by atoms with E-state index in [2.05, 4.69) is 10.3 Å². The van der Waals surface area contributed by atoms with E-state index in [1.807, 2.05) is 12.1 Å². The van der Waals surface area contributed by atoms with Gasteiger partial charge in [-0.05, 0) is 54.4 Å². The van der Waals surface area contributed by atoms with Gasteiger partial charge in [0.2, 0.25) is 5.88 Å². The van der Waals surface area contributed by atoms with Crippen LogP contribution in [0.25, 0.3) is 0 Å². The van der Waals surface area contributed by atoms with Crippen LogP contribution in [0.3, 0.4) is 0 Å². The minimum atomic E-state index is -0.753. The highest BCUT2D eigenvalue weighted by Crippen LogP contribution is 2.24. The van der Waals surface area contributed by atoms with Crippen LogP contribution in [0.2, 0.25) is 5.02 Å². The topological polar surface area (TPSA) is 104 Å². The first-order chi connectivity index (χ1) is 16.9. The summed E-state index contributed by atoms with van der Waals surface area (Å²) in [6.07, 6.45) is 1.37. The van der Waals surface area contributed by atoms with E-state index in [-0.39, 0.29) is 37.6 Å².